The Kier molecular flexibility index (Phi) is 1.89. The van der Waals surface area contributed by atoms with Gasteiger partial charge in [0.15, 0.2) is 0 Å². The lowest BCUT2D eigenvalue weighted by Gasteiger charge is -1.97. The van der Waals surface area contributed by atoms with Crippen LogP contribution in [-0.4, -0.2) is 5.08 Å². The molecule has 0 atom stereocenters. The van der Waals surface area contributed by atoms with Gasteiger partial charge in [0.2, 0.25) is 0 Å². The number of hydrogen-bond acceptors (Lipinski definition) is 3. The molecule has 1 aliphatic rings. The molecule has 0 amide bonds. The van der Waals surface area contributed by atoms with E-state index in [1.54, 1.807) is 0 Å². The summed E-state index contributed by atoms with van der Waals surface area (Å²) in [6, 6.07) is 6.25. The summed E-state index contributed by atoms with van der Waals surface area (Å²) >= 11 is 8.13. The molecule has 1 aliphatic heterocycles. The summed E-state index contributed by atoms with van der Waals surface area (Å²) in [6.07, 6.45) is 0. The second-order valence-electron chi connectivity index (χ2n) is 2.01. The van der Waals surface area contributed by atoms with Crippen molar-refractivity contribution in [2.24, 2.45) is 0 Å². The molecule has 0 nitrogen and oxygen atoms in total. The Balaban J connectivity index is 2.59. The van der Waals surface area contributed by atoms with Crippen molar-refractivity contribution >= 4 is 36.2 Å². The van der Waals surface area contributed by atoms with Gasteiger partial charge in [-0.15, -0.1) is 36.2 Å². The fraction of sp³-hybridized carbons (Fsp3) is 0.143. The van der Waals surface area contributed by atoms with Crippen molar-refractivity contribution in [3.63, 3.8) is 0 Å². The van der Waals surface area contributed by atoms with Gasteiger partial charge in [0, 0.05) is 19.8 Å². The zero-order valence-corrected chi connectivity index (χ0v) is 7.73. The predicted molar refractivity (Wildman–Crippen MR) is 50.3 cm³/mol. The van der Waals surface area contributed by atoms with Crippen LogP contribution < -0.4 is 0 Å². The maximum absolute atomic E-state index is 4.35. The average molecular weight is 186 g/mol. The summed E-state index contributed by atoms with van der Waals surface area (Å²) in [5, 5.41) is 1.15. The highest BCUT2D eigenvalue weighted by Crippen LogP contribution is 2.44. The quantitative estimate of drug-likeness (QED) is 0.618. The Labute approximate surface area is 74.2 Å². The smallest absolute Gasteiger partial charge is 0.0487 e. The number of benzene rings is 1. The van der Waals surface area contributed by atoms with Gasteiger partial charge in [-0.2, -0.15) is 0 Å². The van der Waals surface area contributed by atoms with Gasteiger partial charge in [0.25, 0.3) is 0 Å². The second kappa shape index (κ2) is 2.72. The van der Waals surface area contributed by atoms with Crippen molar-refractivity contribution in [3.05, 3.63) is 18.2 Å². The van der Waals surface area contributed by atoms with E-state index in [4.69, 9.17) is 0 Å². The van der Waals surface area contributed by atoms with Crippen molar-refractivity contribution in [1.82, 2.24) is 0 Å². The van der Waals surface area contributed by atoms with Crippen LogP contribution in [0.1, 0.15) is 0 Å². The third-order valence-electron chi connectivity index (χ3n) is 1.38. The first kappa shape index (κ1) is 6.95. The summed E-state index contributed by atoms with van der Waals surface area (Å²) in [6.45, 7) is 0. The molecule has 0 saturated carbocycles. The molecule has 0 fully saturated rings. The van der Waals surface area contributed by atoms with E-state index in [1.165, 1.54) is 9.79 Å². The number of hydrogen-bond donors (Lipinski definition) is 1. The molecule has 1 aromatic carbocycles. The highest BCUT2D eigenvalue weighted by molar-refractivity contribution is 8.18. The summed E-state index contributed by atoms with van der Waals surface area (Å²) < 4.78 is 0. The number of fused-ring (bicyclic) bond motifs is 1. The molecule has 1 heterocycles. The molecule has 2 rings (SSSR count). The lowest BCUT2D eigenvalue weighted by molar-refractivity contribution is 1.14. The molecule has 0 saturated heterocycles. The molecule has 0 aliphatic carbocycles. The minimum atomic E-state index is 1.12. The molecule has 0 radical (unpaired) electrons. The second-order valence-corrected chi connectivity index (χ2v) is 4.86. The zero-order chi connectivity index (χ0) is 6.97. The van der Waals surface area contributed by atoms with Gasteiger partial charge in [-0.3, -0.25) is 0 Å². The first-order chi connectivity index (χ1) is 4.88. The first-order valence-electron chi connectivity index (χ1n) is 2.95. The topological polar surface area (TPSA) is 0 Å². The van der Waals surface area contributed by atoms with E-state index >= 15 is 0 Å². The highest BCUT2D eigenvalue weighted by atomic mass is 32.2. The molecule has 0 unspecified atom stereocenters. The van der Waals surface area contributed by atoms with Crippen molar-refractivity contribution in [1.29, 1.82) is 0 Å². The maximum atomic E-state index is 4.35. The van der Waals surface area contributed by atoms with Gasteiger partial charge in [0.1, 0.15) is 0 Å². The minimum absolute atomic E-state index is 1.12. The van der Waals surface area contributed by atoms with Gasteiger partial charge in [-0.05, 0) is 12.1 Å². The molecule has 1 aromatic rings. The molecule has 0 N–H and O–H groups in total. The van der Waals surface area contributed by atoms with E-state index in [9.17, 15) is 0 Å². The summed E-state index contributed by atoms with van der Waals surface area (Å²) in [5.74, 6) is 0. The molecule has 52 valence electrons. The number of thioether (sulfide) groups is 2. The van der Waals surface area contributed by atoms with E-state index in [0.29, 0.717) is 0 Å². The van der Waals surface area contributed by atoms with E-state index in [0.717, 1.165) is 9.98 Å². The first-order valence-corrected chi connectivity index (χ1v) is 5.37. The fourth-order valence-corrected chi connectivity index (χ4v) is 3.80. The normalized spacial score (nSPS) is 15.3. The molecule has 0 aromatic heterocycles. The Morgan fingerprint density at radius 1 is 1.30 bits per heavy atom. The Morgan fingerprint density at radius 2 is 2.20 bits per heavy atom. The van der Waals surface area contributed by atoms with Gasteiger partial charge < -0.3 is 0 Å². The lowest BCUT2D eigenvalue weighted by Crippen LogP contribution is -1.71. The minimum Gasteiger partial charge on any atom is -0.142 e. The van der Waals surface area contributed by atoms with Crippen molar-refractivity contribution in [3.8, 4) is 0 Å². The molecule has 3 heteroatoms. The largest absolute Gasteiger partial charge is 0.142 e. The van der Waals surface area contributed by atoms with Gasteiger partial charge in [0.05, 0.1) is 0 Å². The standard InChI is InChI=1S/C7H6S3/c8-5-2-1-3-6-7(5)10-4-9-6/h1-3,8H,4H2. The molecule has 10 heavy (non-hydrogen) atoms. The van der Waals surface area contributed by atoms with Crippen LogP contribution in [0.5, 0.6) is 0 Å². The van der Waals surface area contributed by atoms with Crippen molar-refractivity contribution in [2.45, 2.75) is 14.7 Å². The maximum Gasteiger partial charge on any atom is 0.0487 e. The van der Waals surface area contributed by atoms with Crippen LogP contribution in [0.15, 0.2) is 32.9 Å². The SMILES string of the molecule is Sc1cccc2c1SCS2. The molecule has 0 spiro atoms. The summed E-state index contributed by atoms with van der Waals surface area (Å²) in [5.41, 5.74) is 0. The Bertz CT molecular complexity index is 257. The van der Waals surface area contributed by atoms with Crippen LogP contribution in [0.25, 0.3) is 0 Å². The van der Waals surface area contributed by atoms with Gasteiger partial charge >= 0.3 is 0 Å². The van der Waals surface area contributed by atoms with E-state index in [2.05, 4.69) is 24.8 Å². The lowest BCUT2D eigenvalue weighted by atomic mass is 10.4. The van der Waals surface area contributed by atoms with Gasteiger partial charge in [-0.25, -0.2) is 0 Å². The Hall–Kier alpha value is 0.270. The molecule has 0 bridgehead atoms. The summed E-state index contributed by atoms with van der Waals surface area (Å²) in [7, 11) is 0. The van der Waals surface area contributed by atoms with Crippen LogP contribution >= 0.6 is 36.2 Å². The monoisotopic (exact) mass is 186 g/mol. The van der Waals surface area contributed by atoms with Crippen LogP contribution in [0.4, 0.5) is 0 Å². The number of thiol groups is 1. The van der Waals surface area contributed by atoms with Crippen molar-refractivity contribution in [2.75, 3.05) is 5.08 Å². The van der Waals surface area contributed by atoms with Crippen LogP contribution in [0, 0.1) is 0 Å². The average Bonchev–Trinajstić information content (AvgIpc) is 2.36. The van der Waals surface area contributed by atoms with Crippen LogP contribution in [0.3, 0.4) is 0 Å². The third kappa shape index (κ3) is 1.06. The van der Waals surface area contributed by atoms with Crippen LogP contribution in [0.2, 0.25) is 0 Å². The summed E-state index contributed by atoms with van der Waals surface area (Å²) in [4.78, 5) is 3.86. The predicted octanol–water partition coefficient (Wildman–Crippen LogP) is 3.13. The Morgan fingerprint density at radius 3 is 3.00 bits per heavy atom. The van der Waals surface area contributed by atoms with Crippen LogP contribution in [-0.2, 0) is 0 Å². The highest BCUT2D eigenvalue weighted by Gasteiger charge is 2.13. The molecular weight excluding hydrogens is 180 g/mol. The fourth-order valence-electron chi connectivity index (χ4n) is 0.915. The number of rotatable bonds is 0. The van der Waals surface area contributed by atoms with E-state index in [-0.39, 0.29) is 0 Å². The van der Waals surface area contributed by atoms with Crippen molar-refractivity contribution < 1.29 is 0 Å². The third-order valence-corrected chi connectivity index (χ3v) is 4.35. The zero-order valence-electron chi connectivity index (χ0n) is 5.20. The van der Waals surface area contributed by atoms with E-state index in [1.807, 2.05) is 29.6 Å². The molecular formula is C7H6S3. The van der Waals surface area contributed by atoms with Gasteiger partial charge in [-0.1, -0.05) is 6.07 Å². The van der Waals surface area contributed by atoms with E-state index < -0.39 is 0 Å².